The Labute approximate surface area is 143 Å². The number of aromatic nitrogens is 2. The van der Waals surface area contributed by atoms with Crippen LogP contribution in [0.1, 0.15) is 54.8 Å². The Bertz CT molecular complexity index is 647. The number of hydrogen-bond donors (Lipinski definition) is 1. The van der Waals surface area contributed by atoms with Crippen molar-refractivity contribution in [2.24, 2.45) is 5.92 Å². The quantitative estimate of drug-likeness (QED) is 0.715. The lowest BCUT2D eigenvalue weighted by Gasteiger charge is -2.06. The molecule has 0 saturated heterocycles. The third-order valence-corrected chi connectivity index (χ3v) is 3.98. The number of hydrogen-bond acceptors (Lipinski definition) is 5. The van der Waals surface area contributed by atoms with Gasteiger partial charge in [-0.25, -0.2) is 0 Å². The summed E-state index contributed by atoms with van der Waals surface area (Å²) in [5, 5.41) is 7.09. The summed E-state index contributed by atoms with van der Waals surface area (Å²) >= 11 is 0. The van der Waals surface area contributed by atoms with Crippen LogP contribution in [0.3, 0.4) is 0 Å². The normalized spacial score (nSPS) is 12.5. The molecule has 0 bridgehead atoms. The highest BCUT2D eigenvalue weighted by molar-refractivity contribution is 5.96. The predicted octanol–water partition coefficient (Wildman–Crippen LogP) is 3.23. The molecule has 1 heterocycles. The first-order chi connectivity index (χ1) is 11.5. The zero-order valence-corrected chi connectivity index (χ0v) is 15.0. The standard InChI is InChI=1S/C19H27N3O2/c1-13(2)11-15-5-7-16(8-6-15)17(23)9-10-19-21-18(22-24-19)12-14(3)20-4/h5-8,13-14,20H,9-12H2,1-4H3. The molecule has 1 N–H and O–H groups in total. The first kappa shape index (κ1) is 18.3. The summed E-state index contributed by atoms with van der Waals surface area (Å²) < 4.78 is 5.22. The Morgan fingerprint density at radius 1 is 1.17 bits per heavy atom. The van der Waals surface area contributed by atoms with Crippen LogP contribution >= 0.6 is 0 Å². The van der Waals surface area contributed by atoms with Crippen molar-refractivity contribution in [2.75, 3.05) is 7.05 Å². The highest BCUT2D eigenvalue weighted by Gasteiger charge is 2.12. The minimum absolute atomic E-state index is 0.106. The summed E-state index contributed by atoms with van der Waals surface area (Å²) in [5.74, 6) is 1.92. The van der Waals surface area contributed by atoms with Crippen LogP contribution in [-0.4, -0.2) is 29.0 Å². The van der Waals surface area contributed by atoms with E-state index < -0.39 is 0 Å². The minimum Gasteiger partial charge on any atom is -0.339 e. The van der Waals surface area contributed by atoms with E-state index in [2.05, 4.69) is 36.2 Å². The molecular weight excluding hydrogens is 302 g/mol. The number of carbonyl (C=O) groups excluding carboxylic acids is 1. The van der Waals surface area contributed by atoms with Gasteiger partial charge in [0.25, 0.3) is 0 Å². The molecule has 0 aliphatic rings. The summed E-state index contributed by atoms with van der Waals surface area (Å²) in [6.45, 7) is 6.44. The number of aryl methyl sites for hydroxylation is 1. The number of rotatable bonds is 9. The molecule has 2 rings (SSSR count). The molecule has 130 valence electrons. The van der Waals surface area contributed by atoms with Gasteiger partial charge in [0.05, 0.1) is 0 Å². The van der Waals surface area contributed by atoms with E-state index in [-0.39, 0.29) is 5.78 Å². The molecule has 1 atom stereocenters. The topological polar surface area (TPSA) is 68.0 Å². The fourth-order valence-corrected chi connectivity index (χ4v) is 2.51. The first-order valence-electron chi connectivity index (χ1n) is 8.58. The van der Waals surface area contributed by atoms with Gasteiger partial charge in [0.1, 0.15) is 0 Å². The largest absolute Gasteiger partial charge is 0.339 e. The number of Topliss-reactive ketones (excluding diaryl/α,β-unsaturated/α-hetero) is 1. The number of nitrogens with one attached hydrogen (secondary N) is 1. The molecule has 1 unspecified atom stereocenters. The average Bonchev–Trinajstić information content (AvgIpc) is 3.00. The van der Waals surface area contributed by atoms with Crippen LogP contribution < -0.4 is 5.32 Å². The lowest BCUT2D eigenvalue weighted by atomic mass is 9.99. The van der Waals surface area contributed by atoms with E-state index in [1.54, 1.807) is 0 Å². The van der Waals surface area contributed by atoms with Crippen molar-refractivity contribution < 1.29 is 9.32 Å². The van der Waals surface area contributed by atoms with Gasteiger partial charge in [-0.05, 0) is 31.9 Å². The molecule has 5 heteroatoms. The minimum atomic E-state index is 0.106. The van der Waals surface area contributed by atoms with Crippen molar-refractivity contribution in [2.45, 2.75) is 52.5 Å². The molecule has 2 aromatic rings. The second kappa shape index (κ2) is 8.73. The molecule has 0 amide bonds. The Kier molecular flexibility index (Phi) is 6.67. The van der Waals surface area contributed by atoms with Crippen molar-refractivity contribution >= 4 is 5.78 Å². The van der Waals surface area contributed by atoms with Gasteiger partial charge in [0.2, 0.25) is 5.89 Å². The summed E-state index contributed by atoms with van der Waals surface area (Å²) in [4.78, 5) is 16.6. The molecule has 1 aromatic carbocycles. The molecule has 0 aliphatic heterocycles. The van der Waals surface area contributed by atoms with E-state index in [1.165, 1.54) is 5.56 Å². The maximum atomic E-state index is 12.3. The van der Waals surface area contributed by atoms with E-state index in [4.69, 9.17) is 4.52 Å². The van der Waals surface area contributed by atoms with E-state index in [0.717, 1.165) is 12.0 Å². The van der Waals surface area contributed by atoms with Gasteiger partial charge in [-0.15, -0.1) is 0 Å². The van der Waals surface area contributed by atoms with Crippen LogP contribution in [-0.2, 0) is 19.3 Å². The van der Waals surface area contributed by atoms with Crippen molar-refractivity contribution in [3.05, 3.63) is 47.1 Å². The highest BCUT2D eigenvalue weighted by atomic mass is 16.5. The molecular formula is C19H27N3O2. The molecule has 24 heavy (non-hydrogen) atoms. The number of ketones is 1. The van der Waals surface area contributed by atoms with Crippen LogP contribution in [0.15, 0.2) is 28.8 Å². The van der Waals surface area contributed by atoms with E-state index in [9.17, 15) is 4.79 Å². The van der Waals surface area contributed by atoms with Gasteiger partial charge in [0.15, 0.2) is 11.6 Å². The fourth-order valence-electron chi connectivity index (χ4n) is 2.51. The van der Waals surface area contributed by atoms with Crippen LogP contribution in [0.2, 0.25) is 0 Å². The third-order valence-electron chi connectivity index (χ3n) is 3.98. The molecule has 0 spiro atoms. The summed E-state index contributed by atoms with van der Waals surface area (Å²) in [5.41, 5.74) is 2.01. The number of likely N-dealkylation sites (N-methyl/N-ethyl adjacent to an activating group) is 1. The maximum absolute atomic E-state index is 12.3. The van der Waals surface area contributed by atoms with Crippen molar-refractivity contribution in [1.82, 2.24) is 15.5 Å². The van der Waals surface area contributed by atoms with Crippen molar-refractivity contribution in [1.29, 1.82) is 0 Å². The zero-order chi connectivity index (χ0) is 17.5. The Morgan fingerprint density at radius 3 is 2.50 bits per heavy atom. The molecule has 5 nitrogen and oxygen atoms in total. The molecule has 0 saturated carbocycles. The molecule has 0 aliphatic carbocycles. The monoisotopic (exact) mass is 329 g/mol. The van der Waals surface area contributed by atoms with Gasteiger partial charge in [-0.3, -0.25) is 4.79 Å². The van der Waals surface area contributed by atoms with Gasteiger partial charge in [-0.2, -0.15) is 4.98 Å². The van der Waals surface area contributed by atoms with Crippen LogP contribution in [0, 0.1) is 5.92 Å². The van der Waals surface area contributed by atoms with Gasteiger partial charge < -0.3 is 9.84 Å². The molecule has 1 aromatic heterocycles. The van der Waals surface area contributed by atoms with Gasteiger partial charge in [0, 0.05) is 30.9 Å². The van der Waals surface area contributed by atoms with E-state index in [1.807, 2.05) is 31.3 Å². The fraction of sp³-hybridized carbons (Fsp3) is 0.526. The van der Waals surface area contributed by atoms with Crippen molar-refractivity contribution in [3.63, 3.8) is 0 Å². The lowest BCUT2D eigenvalue weighted by Crippen LogP contribution is -2.24. The SMILES string of the molecule is CNC(C)Cc1noc(CCC(=O)c2ccc(CC(C)C)cc2)n1. The number of nitrogens with zero attached hydrogens (tertiary/aromatic N) is 2. The second-order valence-electron chi connectivity index (χ2n) is 6.72. The smallest absolute Gasteiger partial charge is 0.227 e. The first-order valence-corrected chi connectivity index (χ1v) is 8.58. The Morgan fingerprint density at radius 2 is 1.88 bits per heavy atom. The van der Waals surface area contributed by atoms with E-state index >= 15 is 0 Å². The number of benzene rings is 1. The third kappa shape index (κ3) is 5.57. The van der Waals surface area contributed by atoms with Gasteiger partial charge >= 0.3 is 0 Å². The molecule has 0 fully saturated rings. The molecule has 0 radical (unpaired) electrons. The highest BCUT2D eigenvalue weighted by Crippen LogP contribution is 2.12. The lowest BCUT2D eigenvalue weighted by molar-refractivity contribution is 0.0979. The van der Waals surface area contributed by atoms with E-state index in [0.29, 0.717) is 42.9 Å². The Hall–Kier alpha value is -2.01. The zero-order valence-electron chi connectivity index (χ0n) is 15.0. The second-order valence-corrected chi connectivity index (χ2v) is 6.72. The van der Waals surface area contributed by atoms with Crippen LogP contribution in [0.25, 0.3) is 0 Å². The van der Waals surface area contributed by atoms with Crippen LogP contribution in [0.5, 0.6) is 0 Å². The average molecular weight is 329 g/mol. The predicted molar refractivity (Wildman–Crippen MR) is 94.2 cm³/mol. The Balaban J connectivity index is 1.86. The summed E-state index contributed by atoms with van der Waals surface area (Å²) in [6.07, 6.45) is 2.61. The van der Waals surface area contributed by atoms with Gasteiger partial charge in [-0.1, -0.05) is 43.3 Å². The maximum Gasteiger partial charge on any atom is 0.227 e. The van der Waals surface area contributed by atoms with Crippen molar-refractivity contribution in [3.8, 4) is 0 Å². The van der Waals surface area contributed by atoms with Crippen LogP contribution in [0.4, 0.5) is 0 Å². The number of carbonyl (C=O) groups is 1. The summed E-state index contributed by atoms with van der Waals surface area (Å²) in [7, 11) is 1.90. The summed E-state index contributed by atoms with van der Waals surface area (Å²) in [6, 6.07) is 8.19.